The zero-order valence-corrected chi connectivity index (χ0v) is 16.5. The molecule has 8 heteroatoms. The van der Waals surface area contributed by atoms with Crippen LogP contribution in [-0.4, -0.2) is 35.5 Å². The largest absolute Gasteiger partial charge is 0.493 e. The summed E-state index contributed by atoms with van der Waals surface area (Å²) in [6, 6.07) is 12.9. The maximum absolute atomic E-state index is 12.1. The summed E-state index contributed by atoms with van der Waals surface area (Å²) in [5.74, 6) is 1.01. The number of hydrogen-bond donors (Lipinski definition) is 2. The molecule has 1 aromatic heterocycles. The maximum atomic E-state index is 12.1. The Balaban J connectivity index is 1.64. The van der Waals surface area contributed by atoms with Gasteiger partial charge in [0.2, 0.25) is 5.95 Å². The summed E-state index contributed by atoms with van der Waals surface area (Å²) in [5, 5.41) is 7.07. The van der Waals surface area contributed by atoms with E-state index in [4.69, 9.17) is 15.2 Å². The van der Waals surface area contributed by atoms with Crippen LogP contribution in [0.2, 0.25) is 0 Å². The number of rotatable bonds is 7. The molecule has 2 aromatic carbocycles. The van der Waals surface area contributed by atoms with Crippen molar-refractivity contribution in [2.24, 2.45) is 5.10 Å². The highest BCUT2D eigenvalue weighted by Crippen LogP contribution is 2.27. The van der Waals surface area contributed by atoms with Gasteiger partial charge in [0, 0.05) is 5.69 Å². The van der Waals surface area contributed by atoms with E-state index in [1.807, 2.05) is 38.1 Å². The van der Waals surface area contributed by atoms with Crippen LogP contribution in [0.15, 0.2) is 53.8 Å². The van der Waals surface area contributed by atoms with Gasteiger partial charge in [-0.1, -0.05) is 12.1 Å². The van der Waals surface area contributed by atoms with Gasteiger partial charge in [-0.2, -0.15) is 5.10 Å². The number of anilines is 2. The van der Waals surface area contributed by atoms with Crippen molar-refractivity contribution in [3.05, 3.63) is 65.5 Å². The highest BCUT2D eigenvalue weighted by molar-refractivity contribution is 5.92. The zero-order chi connectivity index (χ0) is 20.8. The Morgan fingerprint density at radius 2 is 2.07 bits per heavy atom. The molecule has 0 fully saturated rings. The normalized spacial score (nSPS) is 10.9. The summed E-state index contributed by atoms with van der Waals surface area (Å²) in [6.45, 7) is 3.67. The first-order chi connectivity index (χ1) is 13.9. The first-order valence-corrected chi connectivity index (χ1v) is 8.98. The number of imidazole rings is 1. The van der Waals surface area contributed by atoms with Gasteiger partial charge in [-0.25, -0.2) is 9.66 Å². The lowest BCUT2D eigenvalue weighted by Gasteiger charge is -2.11. The van der Waals surface area contributed by atoms with E-state index >= 15 is 0 Å². The van der Waals surface area contributed by atoms with Gasteiger partial charge < -0.3 is 20.5 Å². The average Bonchev–Trinajstić information content (AvgIpc) is 3.02. The second-order valence-electron chi connectivity index (χ2n) is 6.45. The van der Waals surface area contributed by atoms with E-state index in [-0.39, 0.29) is 12.5 Å². The van der Waals surface area contributed by atoms with Crippen LogP contribution < -0.4 is 20.5 Å². The molecule has 3 N–H and O–H groups in total. The molecule has 0 atom stereocenters. The molecule has 0 radical (unpaired) electrons. The van der Waals surface area contributed by atoms with Crippen molar-refractivity contribution in [3.8, 4) is 11.5 Å². The summed E-state index contributed by atoms with van der Waals surface area (Å²) in [5.41, 5.74) is 9.13. The number of amides is 1. The molecule has 0 aliphatic carbocycles. The standard InChI is InChI=1S/C21H23N5O3/c1-14-5-4-6-17(9-14)25-20(27)13-29-18-8-7-16(10-19(18)28-3)11-23-26-12-15(2)24-21(26)22/h4-12H,13H2,1-3H3,(H2,22,24)(H,25,27). The number of nitrogen functional groups attached to an aromatic ring is 1. The summed E-state index contributed by atoms with van der Waals surface area (Å²) in [7, 11) is 1.53. The second kappa shape index (κ2) is 8.92. The van der Waals surface area contributed by atoms with Crippen molar-refractivity contribution in [3.63, 3.8) is 0 Å². The van der Waals surface area contributed by atoms with Crippen LogP contribution in [0, 0.1) is 13.8 Å². The van der Waals surface area contributed by atoms with Crippen LogP contribution in [0.1, 0.15) is 16.8 Å². The fraction of sp³-hybridized carbons (Fsp3) is 0.190. The van der Waals surface area contributed by atoms with E-state index in [1.54, 1.807) is 30.6 Å². The summed E-state index contributed by atoms with van der Waals surface area (Å²) >= 11 is 0. The Kier molecular flexibility index (Phi) is 6.13. The van der Waals surface area contributed by atoms with E-state index in [0.29, 0.717) is 17.4 Å². The highest BCUT2D eigenvalue weighted by atomic mass is 16.5. The van der Waals surface area contributed by atoms with Gasteiger partial charge in [-0.15, -0.1) is 0 Å². The highest BCUT2D eigenvalue weighted by Gasteiger charge is 2.09. The third-order valence-corrected chi connectivity index (χ3v) is 4.01. The third kappa shape index (κ3) is 5.35. The number of nitrogens with two attached hydrogens (primary N) is 1. The lowest BCUT2D eigenvalue weighted by atomic mass is 10.2. The molecule has 29 heavy (non-hydrogen) atoms. The predicted molar refractivity (Wildman–Crippen MR) is 113 cm³/mol. The monoisotopic (exact) mass is 393 g/mol. The fourth-order valence-corrected chi connectivity index (χ4v) is 2.67. The average molecular weight is 393 g/mol. The van der Waals surface area contributed by atoms with Gasteiger partial charge in [0.05, 0.1) is 25.2 Å². The van der Waals surface area contributed by atoms with E-state index < -0.39 is 0 Å². The quantitative estimate of drug-likeness (QED) is 0.601. The molecule has 1 heterocycles. The lowest BCUT2D eigenvalue weighted by molar-refractivity contribution is -0.118. The van der Waals surface area contributed by atoms with Crippen LogP contribution in [0.3, 0.4) is 0 Å². The SMILES string of the molecule is COc1cc(C=Nn2cc(C)nc2N)ccc1OCC(=O)Nc1cccc(C)c1. The minimum atomic E-state index is -0.255. The summed E-state index contributed by atoms with van der Waals surface area (Å²) in [4.78, 5) is 16.2. The van der Waals surface area contributed by atoms with E-state index in [0.717, 1.165) is 22.5 Å². The maximum Gasteiger partial charge on any atom is 0.262 e. The molecule has 0 aliphatic heterocycles. The van der Waals surface area contributed by atoms with Crippen molar-refractivity contribution in [2.75, 3.05) is 24.8 Å². The third-order valence-electron chi connectivity index (χ3n) is 4.01. The van der Waals surface area contributed by atoms with E-state index in [9.17, 15) is 4.79 Å². The molecular weight excluding hydrogens is 370 g/mol. The van der Waals surface area contributed by atoms with Gasteiger partial charge in [-0.05, 0) is 55.3 Å². The Morgan fingerprint density at radius 3 is 2.76 bits per heavy atom. The van der Waals surface area contributed by atoms with Gasteiger partial charge in [0.25, 0.3) is 5.91 Å². The Hall–Kier alpha value is -3.81. The van der Waals surface area contributed by atoms with Gasteiger partial charge in [0.1, 0.15) is 0 Å². The van der Waals surface area contributed by atoms with Crippen LogP contribution in [0.4, 0.5) is 11.6 Å². The molecule has 3 aromatic rings. The van der Waals surface area contributed by atoms with Crippen LogP contribution >= 0.6 is 0 Å². The molecule has 0 bridgehead atoms. The number of aryl methyl sites for hydroxylation is 2. The molecule has 0 aliphatic rings. The zero-order valence-electron chi connectivity index (χ0n) is 16.5. The molecule has 1 amide bonds. The Labute approximate surface area is 169 Å². The van der Waals surface area contributed by atoms with Crippen LogP contribution in [0.25, 0.3) is 0 Å². The number of benzene rings is 2. The molecule has 0 unspecified atom stereocenters. The smallest absolute Gasteiger partial charge is 0.262 e. The minimum Gasteiger partial charge on any atom is -0.493 e. The van der Waals surface area contributed by atoms with Gasteiger partial charge in [0.15, 0.2) is 18.1 Å². The molecule has 3 rings (SSSR count). The first kappa shape index (κ1) is 19.9. The number of hydrogen-bond acceptors (Lipinski definition) is 6. The van der Waals surface area contributed by atoms with Crippen molar-refractivity contribution in [1.82, 2.24) is 9.66 Å². The van der Waals surface area contributed by atoms with E-state index in [2.05, 4.69) is 15.4 Å². The molecule has 150 valence electrons. The topological polar surface area (TPSA) is 104 Å². The number of carbonyl (C=O) groups excluding carboxylic acids is 1. The number of ether oxygens (including phenoxy) is 2. The Morgan fingerprint density at radius 1 is 1.24 bits per heavy atom. The number of aromatic nitrogens is 2. The summed E-state index contributed by atoms with van der Waals surface area (Å²) in [6.07, 6.45) is 3.36. The van der Waals surface area contributed by atoms with Gasteiger partial charge >= 0.3 is 0 Å². The van der Waals surface area contributed by atoms with Gasteiger partial charge in [-0.3, -0.25) is 4.79 Å². The number of carbonyl (C=O) groups is 1. The molecule has 0 spiro atoms. The van der Waals surface area contributed by atoms with E-state index in [1.165, 1.54) is 11.8 Å². The number of methoxy groups -OCH3 is 1. The van der Waals surface area contributed by atoms with Crippen molar-refractivity contribution >= 4 is 23.8 Å². The number of nitrogens with one attached hydrogen (secondary N) is 1. The summed E-state index contributed by atoms with van der Waals surface area (Å²) < 4.78 is 12.5. The van der Waals surface area contributed by atoms with Crippen LogP contribution in [0.5, 0.6) is 11.5 Å². The fourth-order valence-electron chi connectivity index (χ4n) is 2.67. The van der Waals surface area contributed by atoms with Crippen molar-refractivity contribution in [1.29, 1.82) is 0 Å². The number of nitrogens with zero attached hydrogens (tertiary/aromatic N) is 3. The lowest BCUT2D eigenvalue weighted by Crippen LogP contribution is -2.20. The Bertz CT molecular complexity index is 1040. The van der Waals surface area contributed by atoms with Crippen molar-refractivity contribution < 1.29 is 14.3 Å². The molecule has 8 nitrogen and oxygen atoms in total. The molecule has 0 saturated heterocycles. The van der Waals surface area contributed by atoms with Crippen molar-refractivity contribution in [2.45, 2.75) is 13.8 Å². The second-order valence-corrected chi connectivity index (χ2v) is 6.45. The molecule has 0 saturated carbocycles. The van der Waals surface area contributed by atoms with Crippen LogP contribution in [-0.2, 0) is 4.79 Å². The predicted octanol–water partition coefficient (Wildman–Crippen LogP) is 2.99. The molecular formula is C21H23N5O3. The first-order valence-electron chi connectivity index (χ1n) is 8.98. The minimum absolute atomic E-state index is 0.136.